The van der Waals surface area contributed by atoms with Crippen molar-refractivity contribution in [2.24, 2.45) is 0 Å². The van der Waals surface area contributed by atoms with E-state index in [-0.39, 0.29) is 23.5 Å². The van der Waals surface area contributed by atoms with Crippen molar-refractivity contribution in [3.63, 3.8) is 0 Å². The standard InChI is InChI=1S/C15H24N4O3S2/c1-12-10-23-15(16-12)19-5-2-4-18(6-7-19)9-14(20)17-13-3-8-24(21,22)11-13/h10,13H,2-9,11H2,1H3,(H,17,20). The zero-order valence-corrected chi connectivity index (χ0v) is 15.5. The van der Waals surface area contributed by atoms with Crippen LogP contribution in [-0.2, 0) is 14.6 Å². The van der Waals surface area contributed by atoms with E-state index in [1.807, 2.05) is 6.92 Å². The van der Waals surface area contributed by atoms with Crippen LogP contribution in [0.4, 0.5) is 5.13 Å². The average Bonchev–Trinajstić information content (AvgIpc) is 2.99. The largest absolute Gasteiger partial charge is 0.351 e. The molecule has 2 saturated heterocycles. The van der Waals surface area contributed by atoms with E-state index in [0.717, 1.165) is 43.4 Å². The minimum absolute atomic E-state index is 0.0735. The Kier molecular flexibility index (Phi) is 5.41. The molecule has 3 heterocycles. The number of carbonyl (C=O) groups excluding carboxylic acids is 1. The van der Waals surface area contributed by atoms with E-state index in [2.05, 4.69) is 25.5 Å². The number of thiazole rings is 1. The maximum Gasteiger partial charge on any atom is 0.234 e. The minimum Gasteiger partial charge on any atom is -0.351 e. The highest BCUT2D eigenvalue weighted by Crippen LogP contribution is 2.21. The maximum atomic E-state index is 12.2. The summed E-state index contributed by atoms with van der Waals surface area (Å²) in [6.45, 7) is 5.83. The second-order valence-corrected chi connectivity index (χ2v) is 9.62. The van der Waals surface area contributed by atoms with E-state index in [0.29, 0.717) is 13.0 Å². The topological polar surface area (TPSA) is 82.6 Å². The fourth-order valence-corrected chi connectivity index (χ4v) is 5.72. The molecule has 2 aliphatic rings. The predicted molar refractivity (Wildman–Crippen MR) is 95.3 cm³/mol. The van der Waals surface area contributed by atoms with Crippen LogP contribution in [0.1, 0.15) is 18.5 Å². The van der Waals surface area contributed by atoms with Gasteiger partial charge in [0.1, 0.15) is 0 Å². The lowest BCUT2D eigenvalue weighted by atomic mass is 10.2. The van der Waals surface area contributed by atoms with Gasteiger partial charge in [0.2, 0.25) is 5.91 Å². The summed E-state index contributed by atoms with van der Waals surface area (Å²) < 4.78 is 22.9. The molecule has 0 saturated carbocycles. The number of carbonyl (C=O) groups is 1. The van der Waals surface area contributed by atoms with E-state index in [4.69, 9.17) is 0 Å². The monoisotopic (exact) mass is 372 g/mol. The van der Waals surface area contributed by atoms with Crippen molar-refractivity contribution in [3.05, 3.63) is 11.1 Å². The molecule has 2 aliphatic heterocycles. The Morgan fingerprint density at radius 3 is 2.88 bits per heavy atom. The van der Waals surface area contributed by atoms with Crippen LogP contribution in [0, 0.1) is 6.92 Å². The maximum absolute atomic E-state index is 12.2. The van der Waals surface area contributed by atoms with Gasteiger partial charge < -0.3 is 10.2 Å². The molecule has 0 bridgehead atoms. The van der Waals surface area contributed by atoms with Gasteiger partial charge in [0.05, 0.1) is 23.7 Å². The molecule has 1 amide bonds. The molecule has 0 aromatic carbocycles. The molecule has 24 heavy (non-hydrogen) atoms. The van der Waals surface area contributed by atoms with Crippen LogP contribution < -0.4 is 10.2 Å². The van der Waals surface area contributed by atoms with Crippen LogP contribution in [-0.4, -0.2) is 74.5 Å². The summed E-state index contributed by atoms with van der Waals surface area (Å²) in [6, 6.07) is -0.218. The fraction of sp³-hybridized carbons (Fsp3) is 0.733. The summed E-state index contributed by atoms with van der Waals surface area (Å²) in [6.07, 6.45) is 1.52. The van der Waals surface area contributed by atoms with Gasteiger partial charge in [-0.15, -0.1) is 11.3 Å². The number of hydrogen-bond donors (Lipinski definition) is 1. The van der Waals surface area contributed by atoms with Gasteiger partial charge in [-0.2, -0.15) is 0 Å². The van der Waals surface area contributed by atoms with Crippen LogP contribution in [0.15, 0.2) is 5.38 Å². The van der Waals surface area contributed by atoms with Gasteiger partial charge in [0.15, 0.2) is 15.0 Å². The SMILES string of the molecule is Cc1csc(N2CCCN(CC(=O)NC3CCS(=O)(=O)C3)CC2)n1. The van der Waals surface area contributed by atoms with Gasteiger partial charge in [-0.3, -0.25) is 9.69 Å². The lowest BCUT2D eigenvalue weighted by Gasteiger charge is -2.21. The first kappa shape index (κ1) is 17.6. The Labute approximate surface area is 147 Å². The van der Waals surface area contributed by atoms with E-state index < -0.39 is 9.84 Å². The Hall–Kier alpha value is -1.19. The van der Waals surface area contributed by atoms with E-state index >= 15 is 0 Å². The molecule has 1 N–H and O–H groups in total. The molecular formula is C15H24N4O3S2. The number of aryl methyl sites for hydroxylation is 1. The highest BCUT2D eigenvalue weighted by molar-refractivity contribution is 7.91. The summed E-state index contributed by atoms with van der Waals surface area (Å²) in [5.41, 5.74) is 1.04. The summed E-state index contributed by atoms with van der Waals surface area (Å²) in [5.74, 6) is 0.190. The van der Waals surface area contributed by atoms with Gasteiger partial charge in [0.25, 0.3) is 0 Å². The third-order valence-corrected chi connectivity index (χ3v) is 7.22. The molecule has 0 aliphatic carbocycles. The number of amides is 1. The van der Waals surface area contributed by atoms with Crippen LogP contribution in [0.25, 0.3) is 0 Å². The van der Waals surface area contributed by atoms with Gasteiger partial charge in [-0.1, -0.05) is 0 Å². The van der Waals surface area contributed by atoms with Crippen molar-refractivity contribution in [1.29, 1.82) is 0 Å². The molecule has 7 nitrogen and oxygen atoms in total. The summed E-state index contributed by atoms with van der Waals surface area (Å²) in [4.78, 5) is 21.1. The number of nitrogens with one attached hydrogen (secondary N) is 1. The molecule has 0 radical (unpaired) electrons. The Bertz CT molecular complexity index is 689. The average molecular weight is 373 g/mol. The molecule has 1 unspecified atom stereocenters. The lowest BCUT2D eigenvalue weighted by molar-refractivity contribution is -0.122. The summed E-state index contributed by atoms with van der Waals surface area (Å²) >= 11 is 1.66. The van der Waals surface area contributed by atoms with E-state index in [1.165, 1.54) is 0 Å². The van der Waals surface area contributed by atoms with Crippen LogP contribution in [0.5, 0.6) is 0 Å². The highest BCUT2D eigenvalue weighted by atomic mass is 32.2. The quantitative estimate of drug-likeness (QED) is 0.817. The second kappa shape index (κ2) is 7.37. The third-order valence-electron chi connectivity index (χ3n) is 4.43. The van der Waals surface area contributed by atoms with Crippen molar-refractivity contribution in [1.82, 2.24) is 15.2 Å². The van der Waals surface area contributed by atoms with Crippen LogP contribution in [0.2, 0.25) is 0 Å². The Morgan fingerprint density at radius 2 is 2.21 bits per heavy atom. The molecule has 9 heteroatoms. The van der Waals surface area contributed by atoms with Crippen molar-refractivity contribution in [3.8, 4) is 0 Å². The number of hydrogen-bond acceptors (Lipinski definition) is 7. The number of nitrogens with zero attached hydrogens (tertiary/aromatic N) is 3. The minimum atomic E-state index is -2.96. The van der Waals surface area contributed by atoms with Crippen LogP contribution >= 0.6 is 11.3 Å². The van der Waals surface area contributed by atoms with E-state index in [9.17, 15) is 13.2 Å². The molecule has 134 valence electrons. The van der Waals surface area contributed by atoms with Crippen LogP contribution in [0.3, 0.4) is 0 Å². The second-order valence-electron chi connectivity index (χ2n) is 6.56. The zero-order chi connectivity index (χ0) is 17.2. The smallest absolute Gasteiger partial charge is 0.234 e. The lowest BCUT2D eigenvalue weighted by Crippen LogP contribution is -2.43. The van der Waals surface area contributed by atoms with Gasteiger partial charge >= 0.3 is 0 Å². The Balaban J connectivity index is 1.47. The number of aromatic nitrogens is 1. The van der Waals surface area contributed by atoms with Crippen molar-refractivity contribution in [2.45, 2.75) is 25.8 Å². The fourth-order valence-electron chi connectivity index (χ4n) is 3.19. The summed E-state index contributed by atoms with van der Waals surface area (Å²) in [5, 5.41) is 5.97. The molecule has 2 fully saturated rings. The number of rotatable bonds is 4. The number of sulfone groups is 1. The number of anilines is 1. The molecule has 0 spiro atoms. The zero-order valence-electron chi connectivity index (χ0n) is 13.9. The molecule has 3 rings (SSSR count). The molecular weight excluding hydrogens is 348 g/mol. The van der Waals surface area contributed by atoms with Crippen molar-refractivity contribution in [2.75, 3.05) is 49.1 Å². The molecule has 1 atom stereocenters. The van der Waals surface area contributed by atoms with Gasteiger partial charge in [0, 0.05) is 37.6 Å². The van der Waals surface area contributed by atoms with Crippen molar-refractivity contribution >= 4 is 32.2 Å². The van der Waals surface area contributed by atoms with Gasteiger partial charge in [-0.05, 0) is 19.8 Å². The summed E-state index contributed by atoms with van der Waals surface area (Å²) in [7, 11) is -2.96. The third kappa shape index (κ3) is 4.67. The van der Waals surface area contributed by atoms with Crippen molar-refractivity contribution < 1.29 is 13.2 Å². The van der Waals surface area contributed by atoms with Gasteiger partial charge in [-0.25, -0.2) is 13.4 Å². The van der Waals surface area contributed by atoms with E-state index in [1.54, 1.807) is 11.3 Å². The first-order valence-electron chi connectivity index (χ1n) is 8.30. The Morgan fingerprint density at radius 1 is 1.38 bits per heavy atom. The first-order valence-corrected chi connectivity index (χ1v) is 11.0. The highest BCUT2D eigenvalue weighted by Gasteiger charge is 2.29. The molecule has 1 aromatic rings. The normalized spacial score (nSPS) is 24.7. The molecule has 1 aromatic heterocycles. The first-order chi connectivity index (χ1) is 11.4. The predicted octanol–water partition coefficient (Wildman–Crippen LogP) is 0.267.